The van der Waals surface area contributed by atoms with E-state index in [1.807, 2.05) is 0 Å². The van der Waals surface area contributed by atoms with Crippen LogP contribution < -0.4 is 10.6 Å². The Hall–Kier alpha value is -0.560. The first-order valence-electron chi connectivity index (χ1n) is 6.47. The topological polar surface area (TPSA) is 36.4 Å². The molecule has 0 radical (unpaired) electrons. The fourth-order valence-electron chi connectivity index (χ4n) is 2.09. The summed E-state index contributed by atoms with van der Waals surface area (Å²) in [5.41, 5.74) is 0.728. The van der Waals surface area contributed by atoms with Crippen molar-refractivity contribution in [2.45, 2.75) is 25.7 Å². The van der Waals surface area contributed by atoms with Gasteiger partial charge in [-0.1, -0.05) is 31.5 Å². The maximum atomic E-state index is 13.1. The third-order valence-corrected chi connectivity index (χ3v) is 3.57. The van der Waals surface area contributed by atoms with Gasteiger partial charge in [0.25, 0.3) is 0 Å². The van der Waals surface area contributed by atoms with Gasteiger partial charge in [-0.15, -0.1) is 24.0 Å². The summed E-state index contributed by atoms with van der Waals surface area (Å²) in [5.74, 6) is 0.522. The summed E-state index contributed by atoms with van der Waals surface area (Å²) in [6.45, 7) is 6.63. The molecule has 0 unspecified atom stereocenters. The maximum absolute atomic E-state index is 13.1. The minimum atomic E-state index is -0.309. The Morgan fingerprint density at radius 2 is 2.20 bits per heavy atom. The minimum absolute atomic E-state index is 0. The van der Waals surface area contributed by atoms with E-state index in [2.05, 4.69) is 29.5 Å². The number of hydrogen-bond acceptors (Lipinski definition) is 3. The van der Waals surface area contributed by atoms with Crippen LogP contribution in [0.3, 0.4) is 0 Å². The minimum Gasteiger partial charge on any atom is -0.356 e. The lowest BCUT2D eigenvalue weighted by atomic mass is 9.84. The van der Waals surface area contributed by atoms with Crippen LogP contribution in [0.4, 0.5) is 4.39 Å². The second-order valence-corrected chi connectivity index (χ2v) is 5.78. The van der Waals surface area contributed by atoms with E-state index in [1.54, 1.807) is 6.07 Å². The largest absolute Gasteiger partial charge is 0.356 e. The third kappa shape index (κ3) is 4.48. The van der Waals surface area contributed by atoms with Gasteiger partial charge in [0.15, 0.2) is 5.96 Å². The van der Waals surface area contributed by atoms with Crippen LogP contribution in [0, 0.1) is 5.82 Å². The molecule has 1 aromatic rings. The maximum Gasteiger partial charge on any atom is 0.191 e. The highest BCUT2D eigenvalue weighted by Gasteiger charge is 2.24. The van der Waals surface area contributed by atoms with Gasteiger partial charge in [0, 0.05) is 30.1 Å². The summed E-state index contributed by atoms with van der Waals surface area (Å²) in [6.07, 6.45) is 1.07. The predicted octanol–water partition coefficient (Wildman–Crippen LogP) is 3.31. The van der Waals surface area contributed by atoms with Gasteiger partial charge in [-0.25, -0.2) is 4.39 Å². The Bertz CT molecular complexity index is 491. The van der Waals surface area contributed by atoms with E-state index in [0.29, 0.717) is 11.6 Å². The van der Waals surface area contributed by atoms with E-state index in [-0.39, 0.29) is 35.2 Å². The SMILES string of the molecule is CC(C)(CNC1=NCCCN1)c1ccc(F)cc1Cl.I. The summed E-state index contributed by atoms with van der Waals surface area (Å²) in [7, 11) is 0. The quantitative estimate of drug-likeness (QED) is 0.749. The second-order valence-electron chi connectivity index (χ2n) is 5.37. The molecule has 0 bridgehead atoms. The number of hydrogen-bond donors (Lipinski definition) is 2. The Morgan fingerprint density at radius 3 is 2.80 bits per heavy atom. The van der Waals surface area contributed by atoms with Crippen molar-refractivity contribution in [3.05, 3.63) is 34.6 Å². The number of nitrogens with one attached hydrogen (secondary N) is 2. The van der Waals surface area contributed by atoms with Crippen molar-refractivity contribution in [1.82, 2.24) is 10.6 Å². The molecule has 1 heterocycles. The lowest BCUT2D eigenvalue weighted by molar-refractivity contribution is 0.504. The fraction of sp³-hybridized carbons (Fsp3) is 0.500. The molecule has 0 aliphatic carbocycles. The van der Waals surface area contributed by atoms with Gasteiger partial charge in [-0.05, 0) is 24.1 Å². The summed E-state index contributed by atoms with van der Waals surface area (Å²) >= 11 is 6.12. The van der Waals surface area contributed by atoms with Gasteiger partial charge in [-0.3, -0.25) is 4.99 Å². The molecule has 112 valence electrons. The van der Waals surface area contributed by atoms with Gasteiger partial charge in [-0.2, -0.15) is 0 Å². The van der Waals surface area contributed by atoms with E-state index in [4.69, 9.17) is 11.6 Å². The van der Waals surface area contributed by atoms with Crippen molar-refractivity contribution >= 4 is 41.5 Å². The Balaban J connectivity index is 0.00000200. The first-order valence-corrected chi connectivity index (χ1v) is 6.84. The van der Waals surface area contributed by atoms with Crippen LogP contribution in [0.2, 0.25) is 5.02 Å². The van der Waals surface area contributed by atoms with Crippen LogP contribution in [-0.2, 0) is 5.41 Å². The van der Waals surface area contributed by atoms with Crippen molar-refractivity contribution in [3.8, 4) is 0 Å². The number of guanidine groups is 1. The zero-order valence-corrected chi connectivity index (χ0v) is 14.8. The van der Waals surface area contributed by atoms with Crippen molar-refractivity contribution in [2.75, 3.05) is 19.6 Å². The standard InChI is InChI=1S/C14H19ClFN3.HI/c1-14(2,9-19-13-17-6-3-7-18-13)11-5-4-10(16)8-12(11)15;/h4-5,8H,3,6-7,9H2,1-2H3,(H2,17,18,19);1H. The highest BCUT2D eigenvalue weighted by molar-refractivity contribution is 14.0. The normalized spacial score (nSPS) is 14.9. The van der Waals surface area contributed by atoms with Gasteiger partial charge in [0.2, 0.25) is 0 Å². The Labute approximate surface area is 141 Å². The van der Waals surface area contributed by atoms with Gasteiger partial charge < -0.3 is 10.6 Å². The molecule has 20 heavy (non-hydrogen) atoms. The number of benzene rings is 1. The number of nitrogens with zero attached hydrogens (tertiary/aromatic N) is 1. The lowest BCUT2D eigenvalue weighted by Crippen LogP contribution is -2.45. The molecule has 1 aliphatic rings. The molecule has 3 nitrogen and oxygen atoms in total. The van der Waals surface area contributed by atoms with E-state index >= 15 is 0 Å². The number of rotatable bonds is 3. The number of halogens is 3. The molecule has 0 fully saturated rings. The highest BCUT2D eigenvalue weighted by Crippen LogP contribution is 2.29. The summed E-state index contributed by atoms with van der Waals surface area (Å²) < 4.78 is 13.1. The Morgan fingerprint density at radius 1 is 1.45 bits per heavy atom. The van der Waals surface area contributed by atoms with Gasteiger partial charge in [0.1, 0.15) is 5.82 Å². The summed E-state index contributed by atoms with van der Waals surface area (Å²) in [6, 6.07) is 4.55. The second kappa shape index (κ2) is 7.45. The van der Waals surface area contributed by atoms with Crippen molar-refractivity contribution in [3.63, 3.8) is 0 Å². The molecular weight excluding hydrogens is 392 g/mol. The highest BCUT2D eigenvalue weighted by atomic mass is 127. The predicted molar refractivity (Wildman–Crippen MR) is 92.8 cm³/mol. The fourth-order valence-corrected chi connectivity index (χ4v) is 2.51. The molecule has 0 spiro atoms. The van der Waals surface area contributed by atoms with Crippen molar-refractivity contribution in [2.24, 2.45) is 4.99 Å². The zero-order chi connectivity index (χ0) is 13.9. The molecule has 0 amide bonds. The molecule has 0 atom stereocenters. The molecular formula is C14H20ClFIN3. The third-order valence-electron chi connectivity index (χ3n) is 3.26. The van der Waals surface area contributed by atoms with E-state index in [0.717, 1.165) is 31.0 Å². The van der Waals surface area contributed by atoms with E-state index < -0.39 is 0 Å². The molecule has 0 aromatic heterocycles. The average Bonchev–Trinajstić information content (AvgIpc) is 2.37. The first kappa shape index (κ1) is 17.5. The van der Waals surface area contributed by atoms with Crippen LogP contribution in [0.15, 0.2) is 23.2 Å². The van der Waals surface area contributed by atoms with E-state index in [1.165, 1.54) is 12.1 Å². The Kier molecular flexibility index (Phi) is 6.51. The van der Waals surface area contributed by atoms with E-state index in [9.17, 15) is 4.39 Å². The monoisotopic (exact) mass is 411 g/mol. The van der Waals surface area contributed by atoms with Crippen LogP contribution in [0.1, 0.15) is 25.8 Å². The van der Waals surface area contributed by atoms with Crippen molar-refractivity contribution < 1.29 is 4.39 Å². The van der Waals surface area contributed by atoms with Crippen LogP contribution >= 0.6 is 35.6 Å². The summed E-state index contributed by atoms with van der Waals surface area (Å²) in [4.78, 5) is 4.36. The molecule has 0 saturated carbocycles. The zero-order valence-electron chi connectivity index (χ0n) is 11.7. The molecule has 2 N–H and O–H groups in total. The van der Waals surface area contributed by atoms with Crippen LogP contribution in [-0.4, -0.2) is 25.6 Å². The van der Waals surface area contributed by atoms with Crippen molar-refractivity contribution in [1.29, 1.82) is 0 Å². The lowest BCUT2D eigenvalue weighted by Gasteiger charge is -2.28. The first-order chi connectivity index (χ1) is 8.99. The smallest absolute Gasteiger partial charge is 0.191 e. The van der Waals surface area contributed by atoms with Crippen LogP contribution in [0.5, 0.6) is 0 Å². The molecule has 0 saturated heterocycles. The molecule has 6 heteroatoms. The van der Waals surface area contributed by atoms with Crippen LogP contribution in [0.25, 0.3) is 0 Å². The van der Waals surface area contributed by atoms with Gasteiger partial charge >= 0.3 is 0 Å². The summed E-state index contributed by atoms with van der Waals surface area (Å²) in [5, 5.41) is 6.96. The molecule has 1 aromatic carbocycles. The molecule has 2 rings (SSSR count). The molecule has 1 aliphatic heterocycles. The average molecular weight is 412 g/mol. The van der Waals surface area contributed by atoms with Gasteiger partial charge in [0.05, 0.1) is 0 Å². The number of aliphatic imine (C=N–C) groups is 1.